The molecule has 0 aromatic heterocycles. The highest BCUT2D eigenvalue weighted by Gasteiger charge is 2.28. The van der Waals surface area contributed by atoms with Crippen molar-refractivity contribution in [2.45, 2.75) is 38.7 Å². The van der Waals surface area contributed by atoms with Crippen molar-refractivity contribution in [2.75, 3.05) is 19.7 Å². The average molecular weight is 507 g/mol. The van der Waals surface area contributed by atoms with E-state index < -0.39 is 0 Å². The van der Waals surface area contributed by atoms with Gasteiger partial charge in [0.2, 0.25) is 0 Å². The van der Waals surface area contributed by atoms with Crippen LogP contribution in [0.3, 0.4) is 0 Å². The van der Waals surface area contributed by atoms with Gasteiger partial charge in [0.05, 0.1) is 29.2 Å². The van der Waals surface area contributed by atoms with Gasteiger partial charge in [-0.2, -0.15) is 0 Å². The molecule has 0 radical (unpaired) electrons. The maximum atomic E-state index is 12.5. The summed E-state index contributed by atoms with van der Waals surface area (Å²) in [4.78, 5) is 36.4. The lowest BCUT2D eigenvalue weighted by molar-refractivity contribution is -0.149. The lowest BCUT2D eigenvalue weighted by Crippen LogP contribution is -2.34. The lowest BCUT2D eigenvalue weighted by Gasteiger charge is -2.27. The third-order valence-electron chi connectivity index (χ3n) is 5.58. The highest BCUT2D eigenvalue weighted by Crippen LogP contribution is 2.30. The van der Waals surface area contributed by atoms with Crippen LogP contribution in [0.25, 0.3) is 0 Å². The molecule has 0 spiro atoms. The molecule has 2 N–H and O–H groups in total. The number of amides is 2. The number of hydrogen-bond acceptors (Lipinski definition) is 5. The third-order valence-corrected chi connectivity index (χ3v) is 6.15. The Kier molecular flexibility index (Phi) is 9.60. The normalized spacial score (nSPS) is 17.5. The summed E-state index contributed by atoms with van der Waals surface area (Å²) in [5.74, 6) is -0.209. The summed E-state index contributed by atoms with van der Waals surface area (Å²) in [5.41, 5.74) is 0.813. The van der Waals surface area contributed by atoms with Gasteiger partial charge in [-0.25, -0.2) is 0 Å². The van der Waals surface area contributed by atoms with Crippen LogP contribution >= 0.6 is 23.2 Å². The molecule has 3 rings (SSSR count). The van der Waals surface area contributed by atoms with Crippen LogP contribution in [0.5, 0.6) is 5.75 Å². The molecule has 182 valence electrons. The molecular weight excluding hydrogens is 479 g/mol. The molecule has 0 aliphatic heterocycles. The van der Waals surface area contributed by atoms with Gasteiger partial charge in [0.15, 0.2) is 0 Å². The number of benzene rings is 2. The average Bonchev–Trinajstić information content (AvgIpc) is 2.82. The molecule has 0 unspecified atom stereocenters. The molecule has 1 saturated carbocycles. The molecule has 2 aromatic carbocycles. The number of nitrogens with one attached hydrogen (secondary N) is 2. The molecule has 7 nitrogen and oxygen atoms in total. The van der Waals surface area contributed by atoms with Crippen LogP contribution < -0.4 is 15.4 Å². The summed E-state index contributed by atoms with van der Waals surface area (Å²) in [6.07, 6.45) is 2.96. The van der Waals surface area contributed by atoms with E-state index in [0.29, 0.717) is 28.5 Å². The summed E-state index contributed by atoms with van der Waals surface area (Å²) in [6, 6.07) is 11.5. The number of halogens is 2. The molecule has 0 heterocycles. The van der Waals surface area contributed by atoms with Crippen LogP contribution in [0.1, 0.15) is 53.3 Å². The zero-order valence-corrected chi connectivity index (χ0v) is 20.5. The summed E-state index contributed by atoms with van der Waals surface area (Å²) in [6.45, 7) is 2.71. The third kappa shape index (κ3) is 7.37. The first-order valence-electron chi connectivity index (χ1n) is 11.3. The predicted molar refractivity (Wildman–Crippen MR) is 131 cm³/mol. The van der Waals surface area contributed by atoms with Gasteiger partial charge in [-0.05, 0) is 75.1 Å². The van der Waals surface area contributed by atoms with Gasteiger partial charge in [-0.1, -0.05) is 23.2 Å². The zero-order chi connectivity index (χ0) is 24.5. The summed E-state index contributed by atoms with van der Waals surface area (Å²) >= 11 is 12.1. The largest absolute Gasteiger partial charge is 0.490 e. The van der Waals surface area contributed by atoms with Crippen molar-refractivity contribution in [3.8, 4) is 5.75 Å². The maximum absolute atomic E-state index is 12.5. The van der Waals surface area contributed by atoms with E-state index in [1.807, 2.05) is 0 Å². The van der Waals surface area contributed by atoms with E-state index in [9.17, 15) is 14.4 Å². The van der Waals surface area contributed by atoms with E-state index in [-0.39, 0.29) is 47.9 Å². The molecule has 0 saturated heterocycles. The fraction of sp³-hybridized carbons (Fsp3) is 0.400. The second-order valence-electron chi connectivity index (χ2n) is 8.00. The number of esters is 1. The van der Waals surface area contributed by atoms with Gasteiger partial charge in [0.25, 0.3) is 11.8 Å². The first-order valence-corrected chi connectivity index (χ1v) is 12.1. The van der Waals surface area contributed by atoms with E-state index in [4.69, 9.17) is 32.7 Å². The van der Waals surface area contributed by atoms with Crippen molar-refractivity contribution in [3.63, 3.8) is 0 Å². The van der Waals surface area contributed by atoms with Crippen LogP contribution in [0.2, 0.25) is 10.0 Å². The standard InChI is InChI=1S/C25H28Cl2N2O5/c1-2-33-25(32)17-5-9-19(10-6-17)34-20-11-12-21(22(27)15-20)24(31)29-14-13-28-23(30)16-3-7-18(26)8-4-16/h3-4,7-8,11-12,15,17,19H,2,5-6,9-10,13-14H2,1H3,(H,28,30)(H,29,31)/t17-,19+. The minimum atomic E-state index is -0.341. The molecule has 1 aliphatic carbocycles. The second kappa shape index (κ2) is 12.6. The summed E-state index contributed by atoms with van der Waals surface area (Å²) in [5, 5.41) is 6.30. The molecule has 2 amide bonds. The van der Waals surface area contributed by atoms with Crippen molar-refractivity contribution in [2.24, 2.45) is 5.92 Å². The van der Waals surface area contributed by atoms with Crippen molar-refractivity contribution >= 4 is 41.0 Å². The Morgan fingerprint density at radius 1 is 0.912 bits per heavy atom. The molecule has 1 aliphatic rings. The number of hydrogen-bond donors (Lipinski definition) is 2. The van der Waals surface area contributed by atoms with Crippen molar-refractivity contribution in [1.29, 1.82) is 0 Å². The summed E-state index contributed by atoms with van der Waals surface area (Å²) < 4.78 is 11.1. The molecule has 0 atom stereocenters. The first kappa shape index (κ1) is 25.8. The van der Waals surface area contributed by atoms with Crippen molar-refractivity contribution in [3.05, 3.63) is 63.6 Å². The lowest BCUT2D eigenvalue weighted by atomic mass is 9.87. The van der Waals surface area contributed by atoms with Crippen molar-refractivity contribution in [1.82, 2.24) is 10.6 Å². The van der Waals surface area contributed by atoms with Gasteiger partial charge >= 0.3 is 5.97 Å². The zero-order valence-electron chi connectivity index (χ0n) is 18.9. The van der Waals surface area contributed by atoms with E-state index in [1.54, 1.807) is 49.4 Å². The fourth-order valence-corrected chi connectivity index (χ4v) is 4.16. The minimum Gasteiger partial charge on any atom is -0.490 e. The number of ether oxygens (including phenoxy) is 2. The first-order chi connectivity index (χ1) is 16.4. The Morgan fingerprint density at radius 3 is 2.18 bits per heavy atom. The van der Waals surface area contributed by atoms with Gasteiger partial charge in [0, 0.05) is 23.7 Å². The highest BCUT2D eigenvalue weighted by molar-refractivity contribution is 6.34. The Balaban J connectivity index is 1.42. The van der Waals surface area contributed by atoms with Crippen LogP contribution in [0.15, 0.2) is 42.5 Å². The van der Waals surface area contributed by atoms with E-state index >= 15 is 0 Å². The fourth-order valence-electron chi connectivity index (χ4n) is 3.77. The predicted octanol–water partition coefficient (Wildman–Crippen LogP) is 4.65. The van der Waals surface area contributed by atoms with Gasteiger partial charge in [-0.3, -0.25) is 14.4 Å². The van der Waals surface area contributed by atoms with E-state index in [2.05, 4.69) is 10.6 Å². The topological polar surface area (TPSA) is 93.7 Å². The molecule has 0 bridgehead atoms. The van der Waals surface area contributed by atoms with Crippen LogP contribution in [-0.4, -0.2) is 43.6 Å². The second-order valence-corrected chi connectivity index (χ2v) is 8.85. The van der Waals surface area contributed by atoms with E-state index in [1.165, 1.54) is 0 Å². The smallest absolute Gasteiger partial charge is 0.308 e. The quantitative estimate of drug-likeness (QED) is 0.381. The Bertz CT molecular complexity index is 1000. The number of rotatable bonds is 9. The monoisotopic (exact) mass is 506 g/mol. The summed E-state index contributed by atoms with van der Waals surface area (Å²) in [7, 11) is 0. The Morgan fingerprint density at radius 2 is 1.56 bits per heavy atom. The van der Waals surface area contributed by atoms with E-state index in [0.717, 1.165) is 25.7 Å². The SMILES string of the molecule is CCOC(=O)[C@H]1CC[C@@H](Oc2ccc(C(=O)NCCNC(=O)c3ccc(Cl)cc3)c(Cl)c2)CC1. The number of carbonyl (C=O) groups excluding carboxylic acids is 3. The Hall–Kier alpha value is -2.77. The van der Waals surface area contributed by atoms with Crippen LogP contribution in [0.4, 0.5) is 0 Å². The molecular formula is C25H28Cl2N2O5. The number of carbonyl (C=O) groups is 3. The van der Waals surface area contributed by atoms with Crippen LogP contribution in [0, 0.1) is 5.92 Å². The Labute approximate surface area is 209 Å². The molecule has 1 fully saturated rings. The molecule has 2 aromatic rings. The highest BCUT2D eigenvalue weighted by atomic mass is 35.5. The minimum absolute atomic E-state index is 0.00864. The van der Waals surface area contributed by atoms with Gasteiger partial charge < -0.3 is 20.1 Å². The molecule has 34 heavy (non-hydrogen) atoms. The van der Waals surface area contributed by atoms with Gasteiger partial charge in [0.1, 0.15) is 5.75 Å². The molecule has 9 heteroatoms. The van der Waals surface area contributed by atoms with Crippen molar-refractivity contribution < 1.29 is 23.9 Å². The maximum Gasteiger partial charge on any atom is 0.308 e. The van der Waals surface area contributed by atoms with Crippen LogP contribution in [-0.2, 0) is 9.53 Å². The van der Waals surface area contributed by atoms with Gasteiger partial charge in [-0.15, -0.1) is 0 Å².